The SMILES string of the molecule is COCCN(Cc1ccsc1)S(=O)(=O)c1ccc(Br)cc1. The lowest BCUT2D eigenvalue weighted by Crippen LogP contribution is -2.33. The molecule has 0 saturated carbocycles. The van der Waals surface area contributed by atoms with Crippen molar-refractivity contribution in [2.75, 3.05) is 20.3 Å². The third kappa shape index (κ3) is 4.37. The maximum atomic E-state index is 12.7. The molecule has 4 nitrogen and oxygen atoms in total. The molecule has 0 atom stereocenters. The Bertz CT molecular complexity index is 654. The Hall–Kier alpha value is -0.730. The molecule has 0 fully saturated rings. The average Bonchev–Trinajstić information content (AvgIpc) is 2.96. The van der Waals surface area contributed by atoms with Gasteiger partial charge in [0.15, 0.2) is 0 Å². The van der Waals surface area contributed by atoms with Gasteiger partial charge in [-0.05, 0) is 46.7 Å². The second-order valence-electron chi connectivity index (χ2n) is 4.42. The van der Waals surface area contributed by atoms with E-state index in [1.165, 1.54) is 4.31 Å². The summed E-state index contributed by atoms with van der Waals surface area (Å²) in [6.45, 7) is 1.04. The van der Waals surface area contributed by atoms with Gasteiger partial charge in [0, 0.05) is 24.7 Å². The van der Waals surface area contributed by atoms with Crippen LogP contribution in [-0.4, -0.2) is 33.0 Å². The van der Waals surface area contributed by atoms with E-state index in [9.17, 15) is 8.42 Å². The van der Waals surface area contributed by atoms with Crippen LogP contribution in [0.3, 0.4) is 0 Å². The summed E-state index contributed by atoms with van der Waals surface area (Å²) in [5.74, 6) is 0. The Morgan fingerprint density at radius 3 is 2.52 bits per heavy atom. The van der Waals surface area contributed by atoms with E-state index < -0.39 is 10.0 Å². The quantitative estimate of drug-likeness (QED) is 0.729. The minimum Gasteiger partial charge on any atom is -0.383 e. The fraction of sp³-hybridized carbons (Fsp3) is 0.286. The highest BCUT2D eigenvalue weighted by atomic mass is 79.9. The van der Waals surface area contributed by atoms with Crippen molar-refractivity contribution >= 4 is 37.3 Å². The van der Waals surface area contributed by atoms with Crippen molar-refractivity contribution in [3.8, 4) is 0 Å². The number of ether oxygens (including phenoxy) is 1. The first kappa shape index (κ1) is 16.6. The van der Waals surface area contributed by atoms with Crippen LogP contribution in [0.4, 0.5) is 0 Å². The summed E-state index contributed by atoms with van der Waals surface area (Å²) in [5, 5.41) is 3.90. The molecule has 0 aliphatic rings. The number of benzene rings is 1. The second-order valence-corrected chi connectivity index (χ2v) is 8.05. The van der Waals surface area contributed by atoms with Gasteiger partial charge in [-0.1, -0.05) is 15.9 Å². The summed E-state index contributed by atoms with van der Waals surface area (Å²) >= 11 is 4.87. The molecule has 7 heteroatoms. The summed E-state index contributed by atoms with van der Waals surface area (Å²) < 4.78 is 32.8. The maximum Gasteiger partial charge on any atom is 0.243 e. The lowest BCUT2D eigenvalue weighted by atomic mass is 10.3. The van der Waals surface area contributed by atoms with Gasteiger partial charge >= 0.3 is 0 Å². The monoisotopic (exact) mass is 389 g/mol. The van der Waals surface area contributed by atoms with E-state index in [0.29, 0.717) is 19.7 Å². The smallest absolute Gasteiger partial charge is 0.243 e. The standard InChI is InChI=1S/C14H16BrNO3S2/c1-19-8-7-16(10-12-6-9-20-11-12)21(17,18)14-4-2-13(15)3-5-14/h2-6,9,11H,7-8,10H2,1H3. The Balaban J connectivity index is 2.27. The van der Waals surface area contributed by atoms with Crippen molar-refractivity contribution < 1.29 is 13.2 Å². The Morgan fingerprint density at radius 2 is 1.95 bits per heavy atom. The third-order valence-corrected chi connectivity index (χ3v) is 6.06. The van der Waals surface area contributed by atoms with Gasteiger partial charge < -0.3 is 4.74 Å². The number of halogens is 1. The Morgan fingerprint density at radius 1 is 1.24 bits per heavy atom. The fourth-order valence-electron chi connectivity index (χ4n) is 1.82. The second kappa shape index (κ2) is 7.51. The molecule has 0 aliphatic carbocycles. The molecule has 0 unspecified atom stereocenters. The molecule has 1 aromatic heterocycles. The largest absolute Gasteiger partial charge is 0.383 e. The van der Waals surface area contributed by atoms with E-state index in [-0.39, 0.29) is 4.90 Å². The van der Waals surface area contributed by atoms with Gasteiger partial charge in [-0.25, -0.2) is 8.42 Å². The number of rotatable bonds is 7. The predicted octanol–water partition coefficient (Wildman–Crippen LogP) is 3.35. The van der Waals surface area contributed by atoms with Crippen LogP contribution in [0.1, 0.15) is 5.56 Å². The van der Waals surface area contributed by atoms with E-state index in [1.54, 1.807) is 42.7 Å². The number of hydrogen-bond acceptors (Lipinski definition) is 4. The summed E-state index contributed by atoms with van der Waals surface area (Å²) in [7, 11) is -1.96. The number of hydrogen-bond donors (Lipinski definition) is 0. The van der Waals surface area contributed by atoms with Crippen molar-refractivity contribution in [2.24, 2.45) is 0 Å². The Kier molecular flexibility index (Phi) is 5.95. The molecule has 0 bridgehead atoms. The minimum absolute atomic E-state index is 0.289. The van der Waals surface area contributed by atoms with Crippen LogP contribution in [0.5, 0.6) is 0 Å². The molecular formula is C14H16BrNO3S2. The van der Waals surface area contributed by atoms with Gasteiger partial charge in [-0.2, -0.15) is 15.6 Å². The molecule has 21 heavy (non-hydrogen) atoms. The molecule has 0 saturated heterocycles. The summed E-state index contributed by atoms with van der Waals surface area (Å²) in [4.78, 5) is 0.289. The van der Waals surface area contributed by atoms with E-state index in [4.69, 9.17) is 4.74 Å². The third-order valence-electron chi connectivity index (χ3n) is 2.94. The molecule has 0 spiro atoms. The van der Waals surface area contributed by atoms with Crippen LogP contribution in [0.2, 0.25) is 0 Å². The predicted molar refractivity (Wildman–Crippen MR) is 87.9 cm³/mol. The molecule has 0 amide bonds. The fourth-order valence-corrected chi connectivity index (χ4v) is 4.16. The van der Waals surface area contributed by atoms with Gasteiger partial charge in [-0.15, -0.1) is 0 Å². The average molecular weight is 390 g/mol. The molecule has 0 aliphatic heterocycles. The van der Waals surface area contributed by atoms with Crippen LogP contribution < -0.4 is 0 Å². The van der Waals surface area contributed by atoms with Crippen molar-refractivity contribution in [1.82, 2.24) is 4.31 Å². The van der Waals surface area contributed by atoms with Crippen molar-refractivity contribution in [3.63, 3.8) is 0 Å². The first-order valence-electron chi connectivity index (χ1n) is 6.30. The molecule has 114 valence electrons. The van der Waals surface area contributed by atoms with Crippen LogP contribution in [-0.2, 0) is 21.3 Å². The van der Waals surface area contributed by atoms with Crippen LogP contribution in [0.25, 0.3) is 0 Å². The number of nitrogens with zero attached hydrogens (tertiary/aromatic N) is 1. The summed E-state index contributed by atoms with van der Waals surface area (Å²) in [6, 6.07) is 8.60. The summed E-state index contributed by atoms with van der Waals surface area (Å²) in [5.41, 5.74) is 0.983. The van der Waals surface area contributed by atoms with E-state index in [2.05, 4.69) is 15.9 Å². The van der Waals surface area contributed by atoms with E-state index >= 15 is 0 Å². The van der Waals surface area contributed by atoms with Crippen LogP contribution >= 0.6 is 27.3 Å². The molecule has 1 aromatic carbocycles. The molecular weight excluding hydrogens is 374 g/mol. The van der Waals surface area contributed by atoms with E-state index in [0.717, 1.165) is 10.0 Å². The number of sulfonamides is 1. The maximum absolute atomic E-state index is 12.7. The van der Waals surface area contributed by atoms with Crippen molar-refractivity contribution in [2.45, 2.75) is 11.4 Å². The molecule has 1 heterocycles. The molecule has 0 N–H and O–H groups in total. The number of methoxy groups -OCH3 is 1. The zero-order valence-corrected chi connectivity index (χ0v) is 14.7. The highest BCUT2D eigenvalue weighted by Gasteiger charge is 2.24. The topological polar surface area (TPSA) is 46.6 Å². The highest BCUT2D eigenvalue weighted by Crippen LogP contribution is 2.21. The first-order chi connectivity index (χ1) is 10.0. The Labute approximate surface area is 137 Å². The lowest BCUT2D eigenvalue weighted by Gasteiger charge is -2.21. The van der Waals surface area contributed by atoms with Gasteiger partial charge in [-0.3, -0.25) is 0 Å². The van der Waals surface area contributed by atoms with Crippen LogP contribution in [0.15, 0.2) is 50.5 Å². The van der Waals surface area contributed by atoms with Crippen molar-refractivity contribution in [3.05, 3.63) is 51.1 Å². The van der Waals surface area contributed by atoms with Gasteiger partial charge in [0.25, 0.3) is 0 Å². The molecule has 2 aromatic rings. The van der Waals surface area contributed by atoms with Gasteiger partial charge in [0.1, 0.15) is 0 Å². The van der Waals surface area contributed by atoms with E-state index in [1.807, 2.05) is 16.8 Å². The van der Waals surface area contributed by atoms with Crippen molar-refractivity contribution in [1.29, 1.82) is 0 Å². The minimum atomic E-state index is -3.53. The lowest BCUT2D eigenvalue weighted by molar-refractivity contribution is 0.177. The van der Waals surface area contributed by atoms with Crippen LogP contribution in [0, 0.1) is 0 Å². The summed E-state index contributed by atoms with van der Waals surface area (Å²) in [6.07, 6.45) is 0. The first-order valence-corrected chi connectivity index (χ1v) is 9.47. The van der Waals surface area contributed by atoms with Gasteiger partial charge in [0.05, 0.1) is 11.5 Å². The normalized spacial score (nSPS) is 12.0. The highest BCUT2D eigenvalue weighted by molar-refractivity contribution is 9.10. The van der Waals surface area contributed by atoms with Gasteiger partial charge in [0.2, 0.25) is 10.0 Å². The molecule has 0 radical (unpaired) electrons. The zero-order chi connectivity index (χ0) is 15.3. The number of thiophene rings is 1. The molecule has 2 rings (SSSR count). The zero-order valence-electron chi connectivity index (χ0n) is 11.5.